The fourth-order valence-corrected chi connectivity index (χ4v) is 5.31. The summed E-state index contributed by atoms with van der Waals surface area (Å²) in [6.45, 7) is 3.96. The number of anilines is 1. The molecular weight excluding hydrogens is 431 g/mol. The van der Waals surface area contributed by atoms with Crippen molar-refractivity contribution in [2.45, 2.75) is 13.0 Å². The minimum atomic E-state index is -0.239. The van der Waals surface area contributed by atoms with E-state index in [0.29, 0.717) is 17.1 Å². The minimum absolute atomic E-state index is 0.239. The van der Waals surface area contributed by atoms with Crippen molar-refractivity contribution in [3.05, 3.63) is 76.6 Å². The number of benzene rings is 2. The van der Waals surface area contributed by atoms with Gasteiger partial charge in [-0.2, -0.15) is 0 Å². The van der Waals surface area contributed by atoms with Crippen LogP contribution in [0, 0.1) is 5.82 Å². The van der Waals surface area contributed by atoms with Crippen LogP contribution in [0.15, 0.2) is 60.2 Å². The van der Waals surface area contributed by atoms with Gasteiger partial charge >= 0.3 is 0 Å². The predicted octanol–water partition coefficient (Wildman–Crippen LogP) is 5.86. The SMILES string of the molecule is Fc1cccc(Cl)c1CN1CCCN(c2ncnc3scc(-c4ccccc4)c23)CC1. The highest BCUT2D eigenvalue weighted by Crippen LogP contribution is 2.38. The maximum atomic E-state index is 14.3. The van der Waals surface area contributed by atoms with E-state index in [0.717, 1.165) is 48.6 Å². The second-order valence-electron chi connectivity index (χ2n) is 7.71. The van der Waals surface area contributed by atoms with Crippen molar-refractivity contribution >= 4 is 39.0 Å². The second kappa shape index (κ2) is 8.91. The Kier molecular flexibility index (Phi) is 5.85. The third-order valence-corrected chi connectivity index (χ3v) is 7.01. The summed E-state index contributed by atoms with van der Waals surface area (Å²) in [4.78, 5) is 14.8. The molecule has 0 N–H and O–H groups in total. The summed E-state index contributed by atoms with van der Waals surface area (Å²) in [5, 5.41) is 3.77. The fourth-order valence-electron chi connectivity index (χ4n) is 4.18. The molecule has 1 fully saturated rings. The minimum Gasteiger partial charge on any atom is -0.355 e. The fraction of sp³-hybridized carbons (Fsp3) is 0.250. The zero-order valence-corrected chi connectivity index (χ0v) is 18.5. The lowest BCUT2D eigenvalue weighted by Gasteiger charge is -2.24. The smallest absolute Gasteiger partial charge is 0.141 e. The van der Waals surface area contributed by atoms with Crippen LogP contribution in [0.3, 0.4) is 0 Å². The van der Waals surface area contributed by atoms with Crippen LogP contribution in [-0.4, -0.2) is 41.0 Å². The monoisotopic (exact) mass is 452 g/mol. The van der Waals surface area contributed by atoms with Crippen LogP contribution in [0.4, 0.5) is 10.2 Å². The van der Waals surface area contributed by atoms with Crippen LogP contribution in [0.2, 0.25) is 5.02 Å². The van der Waals surface area contributed by atoms with Crippen molar-refractivity contribution in [3.63, 3.8) is 0 Å². The van der Waals surface area contributed by atoms with Gasteiger partial charge in [-0.05, 0) is 24.1 Å². The lowest BCUT2D eigenvalue weighted by Crippen LogP contribution is -2.31. The van der Waals surface area contributed by atoms with Crippen molar-refractivity contribution in [3.8, 4) is 11.1 Å². The molecule has 3 heterocycles. The largest absolute Gasteiger partial charge is 0.355 e. The molecule has 0 atom stereocenters. The molecule has 0 radical (unpaired) electrons. The van der Waals surface area contributed by atoms with Crippen molar-refractivity contribution in [1.29, 1.82) is 0 Å². The zero-order chi connectivity index (χ0) is 21.2. The molecule has 0 aliphatic carbocycles. The van der Waals surface area contributed by atoms with Crippen molar-refractivity contribution in [1.82, 2.24) is 14.9 Å². The summed E-state index contributed by atoms with van der Waals surface area (Å²) in [7, 11) is 0. The van der Waals surface area contributed by atoms with Crippen LogP contribution in [0.25, 0.3) is 21.3 Å². The number of fused-ring (bicyclic) bond motifs is 1. The van der Waals surface area contributed by atoms with Gasteiger partial charge in [0, 0.05) is 54.3 Å². The van der Waals surface area contributed by atoms with Gasteiger partial charge in [0.15, 0.2) is 0 Å². The summed E-state index contributed by atoms with van der Waals surface area (Å²) < 4.78 is 14.3. The van der Waals surface area contributed by atoms with E-state index in [4.69, 9.17) is 11.6 Å². The van der Waals surface area contributed by atoms with Gasteiger partial charge in [0.25, 0.3) is 0 Å². The number of nitrogens with zero attached hydrogens (tertiary/aromatic N) is 4. The number of rotatable bonds is 4. The molecule has 1 saturated heterocycles. The van der Waals surface area contributed by atoms with Gasteiger partial charge in [-0.3, -0.25) is 4.90 Å². The lowest BCUT2D eigenvalue weighted by atomic mass is 10.1. The average molecular weight is 453 g/mol. The summed E-state index contributed by atoms with van der Waals surface area (Å²) >= 11 is 7.90. The molecule has 7 heteroatoms. The van der Waals surface area contributed by atoms with Crippen LogP contribution in [0.5, 0.6) is 0 Å². The maximum Gasteiger partial charge on any atom is 0.141 e. The van der Waals surface area contributed by atoms with Crippen LogP contribution in [-0.2, 0) is 6.54 Å². The number of hydrogen-bond acceptors (Lipinski definition) is 5. The van der Waals surface area contributed by atoms with Crippen LogP contribution in [0.1, 0.15) is 12.0 Å². The highest BCUT2D eigenvalue weighted by atomic mass is 35.5. The molecule has 0 unspecified atom stereocenters. The third-order valence-electron chi connectivity index (χ3n) is 5.77. The van der Waals surface area contributed by atoms with Crippen LogP contribution >= 0.6 is 22.9 Å². The summed E-state index contributed by atoms with van der Waals surface area (Å²) in [5.41, 5.74) is 2.93. The second-order valence-corrected chi connectivity index (χ2v) is 8.98. The van der Waals surface area contributed by atoms with Crippen molar-refractivity contribution in [2.75, 3.05) is 31.1 Å². The third kappa shape index (κ3) is 4.15. The summed E-state index contributed by atoms with van der Waals surface area (Å²) in [6.07, 6.45) is 2.63. The Morgan fingerprint density at radius 1 is 0.968 bits per heavy atom. The Balaban J connectivity index is 1.41. The van der Waals surface area contributed by atoms with Gasteiger partial charge in [-0.15, -0.1) is 11.3 Å². The topological polar surface area (TPSA) is 32.3 Å². The van der Waals surface area contributed by atoms with Gasteiger partial charge in [0.2, 0.25) is 0 Å². The highest BCUT2D eigenvalue weighted by molar-refractivity contribution is 7.17. The molecule has 5 rings (SSSR count). The van der Waals surface area contributed by atoms with E-state index in [1.165, 1.54) is 17.2 Å². The number of thiophene rings is 1. The first kappa shape index (κ1) is 20.4. The Morgan fingerprint density at radius 3 is 2.68 bits per heavy atom. The van der Waals surface area contributed by atoms with Gasteiger partial charge < -0.3 is 4.90 Å². The standard InChI is InChI=1S/C24H22ClFN4S/c25-20-8-4-9-21(26)18(20)14-29-10-5-11-30(13-12-29)23-22-19(17-6-2-1-3-7-17)15-31-24(22)28-16-27-23/h1-4,6-9,15-16H,5,10-14H2. The lowest BCUT2D eigenvalue weighted by molar-refractivity contribution is 0.281. The van der Waals surface area contributed by atoms with E-state index in [1.807, 2.05) is 6.07 Å². The molecule has 2 aromatic heterocycles. The van der Waals surface area contributed by atoms with E-state index in [1.54, 1.807) is 29.8 Å². The first-order chi connectivity index (χ1) is 15.2. The van der Waals surface area contributed by atoms with Gasteiger partial charge in [-0.1, -0.05) is 48.0 Å². The van der Waals surface area contributed by atoms with E-state index in [2.05, 4.69) is 49.4 Å². The maximum absolute atomic E-state index is 14.3. The summed E-state index contributed by atoms with van der Waals surface area (Å²) in [6, 6.07) is 15.3. The first-order valence-corrected chi connectivity index (χ1v) is 11.6. The average Bonchev–Trinajstić information content (AvgIpc) is 3.09. The number of aromatic nitrogens is 2. The van der Waals surface area contributed by atoms with E-state index in [9.17, 15) is 4.39 Å². The Morgan fingerprint density at radius 2 is 1.84 bits per heavy atom. The van der Waals surface area contributed by atoms with Crippen molar-refractivity contribution < 1.29 is 4.39 Å². The Bertz CT molecular complexity index is 1180. The van der Waals surface area contributed by atoms with E-state index in [-0.39, 0.29) is 5.82 Å². The van der Waals surface area contributed by atoms with Crippen LogP contribution < -0.4 is 4.90 Å². The molecule has 0 bridgehead atoms. The van der Waals surface area contributed by atoms with Gasteiger partial charge in [0.05, 0.1) is 5.39 Å². The molecule has 31 heavy (non-hydrogen) atoms. The van der Waals surface area contributed by atoms with Gasteiger partial charge in [0.1, 0.15) is 22.8 Å². The predicted molar refractivity (Wildman–Crippen MR) is 126 cm³/mol. The molecule has 0 amide bonds. The molecule has 4 aromatic rings. The normalized spacial score (nSPS) is 15.4. The van der Waals surface area contributed by atoms with Gasteiger partial charge in [-0.25, -0.2) is 14.4 Å². The Labute approximate surface area is 189 Å². The first-order valence-electron chi connectivity index (χ1n) is 10.4. The molecule has 1 aliphatic heterocycles. The summed E-state index contributed by atoms with van der Waals surface area (Å²) in [5.74, 6) is 0.743. The number of halogens is 2. The quantitative estimate of drug-likeness (QED) is 0.388. The van der Waals surface area contributed by atoms with E-state index >= 15 is 0 Å². The Hall–Kier alpha value is -2.54. The number of hydrogen-bond donors (Lipinski definition) is 0. The molecule has 1 aliphatic rings. The van der Waals surface area contributed by atoms with E-state index < -0.39 is 0 Å². The molecular formula is C24H22ClFN4S. The highest BCUT2D eigenvalue weighted by Gasteiger charge is 2.22. The molecule has 158 valence electrons. The molecule has 0 spiro atoms. The van der Waals surface area contributed by atoms with Crippen molar-refractivity contribution in [2.24, 2.45) is 0 Å². The molecule has 2 aromatic carbocycles. The zero-order valence-electron chi connectivity index (χ0n) is 17.0. The molecule has 4 nitrogen and oxygen atoms in total. The molecule has 0 saturated carbocycles.